The molecule has 0 fully saturated rings. The van der Waals surface area contributed by atoms with E-state index in [2.05, 4.69) is 0 Å². The Morgan fingerprint density at radius 2 is 1.84 bits per heavy atom. The van der Waals surface area contributed by atoms with Crippen molar-refractivity contribution in [3.63, 3.8) is 0 Å². The maximum absolute atomic E-state index is 11.8. The standard InChI is InChI=1S/C20H32O5/c1-3-5-7-9-17(22)15-19(24)12-14-25-20(11-13-21)16-18(23)10-8-6-4-2/h3-6,8,10,19-21,24H,7,9,11-16H2,1-2H3. The van der Waals surface area contributed by atoms with Gasteiger partial charge in [-0.3, -0.25) is 9.59 Å². The lowest BCUT2D eigenvalue weighted by Crippen LogP contribution is -2.22. The first-order chi connectivity index (χ1) is 12.0. The number of carbonyl (C=O) groups excluding carboxylic acids is 2. The van der Waals surface area contributed by atoms with Gasteiger partial charge in [0.15, 0.2) is 5.78 Å². The highest BCUT2D eigenvalue weighted by atomic mass is 16.5. The van der Waals surface area contributed by atoms with Crippen LogP contribution < -0.4 is 0 Å². The molecule has 2 unspecified atom stereocenters. The first-order valence-corrected chi connectivity index (χ1v) is 8.89. The van der Waals surface area contributed by atoms with E-state index in [-0.39, 0.29) is 43.7 Å². The van der Waals surface area contributed by atoms with E-state index in [1.807, 2.05) is 32.1 Å². The van der Waals surface area contributed by atoms with Crippen molar-refractivity contribution in [2.75, 3.05) is 13.2 Å². The number of hydrogen-bond donors (Lipinski definition) is 2. The third-order valence-corrected chi connectivity index (χ3v) is 3.56. The Labute approximate surface area is 151 Å². The molecule has 0 heterocycles. The van der Waals surface area contributed by atoms with Crippen LogP contribution >= 0.6 is 0 Å². The number of carbonyl (C=O) groups is 2. The fourth-order valence-corrected chi connectivity index (χ4v) is 2.20. The van der Waals surface area contributed by atoms with Crippen LogP contribution in [0.15, 0.2) is 36.5 Å². The highest BCUT2D eigenvalue weighted by Gasteiger charge is 2.15. The number of allylic oxidation sites excluding steroid dienone is 6. The molecule has 142 valence electrons. The molecule has 0 aliphatic carbocycles. The Morgan fingerprint density at radius 3 is 2.48 bits per heavy atom. The zero-order valence-corrected chi connectivity index (χ0v) is 15.4. The van der Waals surface area contributed by atoms with Crippen molar-refractivity contribution in [2.24, 2.45) is 0 Å². The Balaban J connectivity index is 4.12. The summed E-state index contributed by atoms with van der Waals surface area (Å²) in [6.45, 7) is 3.95. The molecule has 2 N–H and O–H groups in total. The normalized spacial score (nSPS) is 14.6. The zero-order chi connectivity index (χ0) is 18.9. The van der Waals surface area contributed by atoms with E-state index in [1.54, 1.807) is 12.2 Å². The molecule has 0 spiro atoms. The quantitative estimate of drug-likeness (QED) is 0.269. The predicted octanol–water partition coefficient (Wildman–Crippen LogP) is 2.91. The maximum Gasteiger partial charge on any atom is 0.158 e. The average Bonchev–Trinajstić information content (AvgIpc) is 2.55. The minimum Gasteiger partial charge on any atom is -0.396 e. The van der Waals surface area contributed by atoms with Gasteiger partial charge in [0.05, 0.1) is 12.2 Å². The van der Waals surface area contributed by atoms with E-state index >= 15 is 0 Å². The smallest absolute Gasteiger partial charge is 0.158 e. The molecule has 0 rings (SSSR count). The summed E-state index contributed by atoms with van der Waals surface area (Å²) in [5.41, 5.74) is 0. The topological polar surface area (TPSA) is 83.8 Å². The van der Waals surface area contributed by atoms with Crippen molar-refractivity contribution in [3.8, 4) is 0 Å². The summed E-state index contributed by atoms with van der Waals surface area (Å²) < 4.78 is 5.60. The molecule has 0 aliphatic rings. The molecule has 0 aromatic heterocycles. The summed E-state index contributed by atoms with van der Waals surface area (Å²) in [7, 11) is 0. The fraction of sp³-hybridized carbons (Fsp3) is 0.600. The van der Waals surface area contributed by atoms with Crippen LogP contribution in [-0.2, 0) is 14.3 Å². The lowest BCUT2D eigenvalue weighted by atomic mass is 10.1. The van der Waals surface area contributed by atoms with Gasteiger partial charge < -0.3 is 14.9 Å². The Hall–Kier alpha value is -1.56. The molecule has 2 atom stereocenters. The number of ketones is 2. The average molecular weight is 352 g/mol. The summed E-state index contributed by atoms with van der Waals surface area (Å²) in [4.78, 5) is 23.5. The summed E-state index contributed by atoms with van der Waals surface area (Å²) in [5, 5.41) is 19.0. The molecule has 5 nitrogen and oxygen atoms in total. The Bertz CT molecular complexity index is 451. The second-order valence-corrected chi connectivity index (χ2v) is 5.85. The number of rotatable bonds is 15. The third kappa shape index (κ3) is 14.5. The van der Waals surface area contributed by atoms with Crippen LogP contribution in [0.2, 0.25) is 0 Å². The van der Waals surface area contributed by atoms with E-state index in [4.69, 9.17) is 9.84 Å². The monoisotopic (exact) mass is 352 g/mol. The van der Waals surface area contributed by atoms with Crippen LogP contribution in [0, 0.1) is 0 Å². The van der Waals surface area contributed by atoms with Crippen molar-refractivity contribution in [1.29, 1.82) is 0 Å². The minimum absolute atomic E-state index is 0.0294. The first kappa shape index (κ1) is 23.4. The second-order valence-electron chi connectivity index (χ2n) is 5.85. The van der Waals surface area contributed by atoms with Crippen molar-refractivity contribution in [3.05, 3.63) is 36.5 Å². The zero-order valence-electron chi connectivity index (χ0n) is 15.4. The molecule has 0 saturated heterocycles. The molecule has 0 amide bonds. The van der Waals surface area contributed by atoms with Gasteiger partial charge in [-0.25, -0.2) is 0 Å². The van der Waals surface area contributed by atoms with Crippen LogP contribution in [0.1, 0.15) is 52.4 Å². The number of ether oxygens (including phenoxy) is 1. The Morgan fingerprint density at radius 1 is 1.08 bits per heavy atom. The van der Waals surface area contributed by atoms with Gasteiger partial charge in [-0.15, -0.1) is 0 Å². The van der Waals surface area contributed by atoms with E-state index < -0.39 is 6.10 Å². The largest absolute Gasteiger partial charge is 0.396 e. The molecule has 25 heavy (non-hydrogen) atoms. The van der Waals surface area contributed by atoms with E-state index in [1.165, 1.54) is 6.08 Å². The SMILES string of the molecule is CC=CC=CC(=O)CC(CCO)OCCC(O)CC(=O)CCC=CC. The molecule has 0 bridgehead atoms. The molecule has 0 aromatic rings. The van der Waals surface area contributed by atoms with E-state index in [0.29, 0.717) is 25.7 Å². The van der Waals surface area contributed by atoms with Crippen molar-refractivity contribution in [1.82, 2.24) is 0 Å². The van der Waals surface area contributed by atoms with Gasteiger partial charge in [-0.1, -0.05) is 30.4 Å². The number of aliphatic hydroxyl groups excluding tert-OH is 2. The molecule has 0 aromatic carbocycles. The molecular formula is C20H32O5. The van der Waals surface area contributed by atoms with E-state index in [9.17, 15) is 14.7 Å². The molecule has 0 radical (unpaired) electrons. The van der Waals surface area contributed by atoms with Crippen LogP contribution in [0.5, 0.6) is 0 Å². The molecular weight excluding hydrogens is 320 g/mol. The Kier molecular flexibility index (Phi) is 14.9. The highest BCUT2D eigenvalue weighted by molar-refractivity contribution is 5.90. The minimum atomic E-state index is -0.738. The van der Waals surface area contributed by atoms with E-state index in [0.717, 1.165) is 0 Å². The first-order valence-electron chi connectivity index (χ1n) is 8.89. The van der Waals surface area contributed by atoms with Crippen molar-refractivity contribution in [2.45, 2.75) is 64.6 Å². The molecule has 0 saturated carbocycles. The summed E-state index contributed by atoms with van der Waals surface area (Å²) in [6.07, 6.45) is 11.6. The summed E-state index contributed by atoms with van der Waals surface area (Å²) >= 11 is 0. The predicted molar refractivity (Wildman–Crippen MR) is 99.3 cm³/mol. The second kappa shape index (κ2) is 15.9. The van der Waals surface area contributed by atoms with Gasteiger partial charge >= 0.3 is 0 Å². The summed E-state index contributed by atoms with van der Waals surface area (Å²) in [6, 6.07) is 0. The van der Waals surface area contributed by atoms with Gasteiger partial charge in [0.25, 0.3) is 0 Å². The fourth-order valence-electron chi connectivity index (χ4n) is 2.20. The van der Waals surface area contributed by atoms with Crippen molar-refractivity contribution < 1.29 is 24.5 Å². The number of aliphatic hydroxyl groups is 2. The highest BCUT2D eigenvalue weighted by Crippen LogP contribution is 2.09. The van der Waals surface area contributed by atoms with Crippen molar-refractivity contribution >= 4 is 11.6 Å². The molecule has 5 heteroatoms. The van der Waals surface area contributed by atoms with Gasteiger partial charge in [0, 0.05) is 32.5 Å². The van der Waals surface area contributed by atoms with Gasteiger partial charge in [0.1, 0.15) is 5.78 Å². The van der Waals surface area contributed by atoms with Crippen LogP contribution in [0.4, 0.5) is 0 Å². The van der Waals surface area contributed by atoms with Crippen LogP contribution in [0.25, 0.3) is 0 Å². The maximum atomic E-state index is 11.8. The van der Waals surface area contributed by atoms with Crippen LogP contribution in [-0.4, -0.2) is 47.2 Å². The van der Waals surface area contributed by atoms with Gasteiger partial charge in [-0.05, 0) is 39.2 Å². The third-order valence-electron chi connectivity index (χ3n) is 3.56. The van der Waals surface area contributed by atoms with Gasteiger partial charge in [-0.2, -0.15) is 0 Å². The van der Waals surface area contributed by atoms with Gasteiger partial charge in [0.2, 0.25) is 0 Å². The van der Waals surface area contributed by atoms with Crippen LogP contribution in [0.3, 0.4) is 0 Å². The number of hydrogen-bond acceptors (Lipinski definition) is 5. The number of Topliss-reactive ketones (excluding diaryl/α,β-unsaturated/α-hetero) is 1. The lowest BCUT2D eigenvalue weighted by Gasteiger charge is -2.17. The molecule has 0 aliphatic heterocycles. The summed E-state index contributed by atoms with van der Waals surface area (Å²) in [5.74, 6) is -0.0435. The lowest BCUT2D eigenvalue weighted by molar-refractivity contribution is -0.121.